The van der Waals surface area contributed by atoms with E-state index in [1.54, 1.807) is 0 Å². The van der Waals surface area contributed by atoms with Crippen molar-refractivity contribution in [3.8, 4) is 0 Å². The number of amides is 1. The van der Waals surface area contributed by atoms with Crippen LogP contribution in [0.3, 0.4) is 0 Å². The van der Waals surface area contributed by atoms with Gasteiger partial charge in [-0.05, 0) is 26.7 Å². The zero-order chi connectivity index (χ0) is 8.59. The molecule has 1 amide bonds. The molecule has 0 fully saturated rings. The summed E-state index contributed by atoms with van der Waals surface area (Å²) in [5.74, 6) is 0.570. The molecule has 2 nitrogen and oxygen atoms in total. The highest BCUT2D eigenvalue weighted by Gasteiger charge is 2.24. The molecule has 1 rings (SSSR count). The molecule has 1 aliphatic heterocycles. The number of nitrogens with one attached hydrogen (secondary N) is 1. The summed E-state index contributed by atoms with van der Waals surface area (Å²) in [4.78, 5) is 11.2. The minimum atomic E-state index is 0.0908. The monoisotopic (exact) mass is 153 g/mol. The summed E-state index contributed by atoms with van der Waals surface area (Å²) in [5, 5.41) is 2.91. The Morgan fingerprint density at radius 2 is 1.82 bits per heavy atom. The largest absolute Gasteiger partial charge is 0.349 e. The van der Waals surface area contributed by atoms with E-state index in [4.69, 9.17) is 0 Å². The predicted octanol–water partition coefficient (Wildman–Crippen LogP) is 1.48. The SMILES string of the molecule is CC1=C(C)C(C)C(C)NC1=O. The minimum Gasteiger partial charge on any atom is -0.349 e. The average Bonchev–Trinajstić information content (AvgIpc) is 1.97. The third-order valence-corrected chi connectivity index (χ3v) is 2.72. The molecule has 1 heterocycles. The second-order valence-corrected chi connectivity index (χ2v) is 3.36. The summed E-state index contributed by atoms with van der Waals surface area (Å²) in [5.41, 5.74) is 2.11. The van der Waals surface area contributed by atoms with E-state index in [1.165, 1.54) is 5.57 Å². The van der Waals surface area contributed by atoms with Gasteiger partial charge in [0.05, 0.1) is 0 Å². The number of rotatable bonds is 0. The molecule has 0 radical (unpaired) electrons. The lowest BCUT2D eigenvalue weighted by molar-refractivity contribution is -0.118. The van der Waals surface area contributed by atoms with Crippen LogP contribution in [0.4, 0.5) is 0 Å². The molecule has 2 unspecified atom stereocenters. The highest BCUT2D eigenvalue weighted by molar-refractivity contribution is 5.94. The normalized spacial score (nSPS) is 32.2. The molecule has 0 aliphatic carbocycles. The van der Waals surface area contributed by atoms with Crippen LogP contribution in [-0.4, -0.2) is 11.9 Å². The van der Waals surface area contributed by atoms with Gasteiger partial charge >= 0.3 is 0 Å². The minimum absolute atomic E-state index is 0.0908. The van der Waals surface area contributed by atoms with Crippen molar-refractivity contribution < 1.29 is 4.79 Å². The van der Waals surface area contributed by atoms with Gasteiger partial charge in [-0.3, -0.25) is 4.79 Å². The van der Waals surface area contributed by atoms with E-state index in [0.717, 1.165) is 5.57 Å². The second-order valence-electron chi connectivity index (χ2n) is 3.36. The Bertz CT molecular complexity index is 218. The summed E-state index contributed by atoms with van der Waals surface area (Å²) in [6, 6.07) is 0.284. The van der Waals surface area contributed by atoms with Gasteiger partial charge in [-0.15, -0.1) is 0 Å². The molecule has 2 atom stereocenters. The van der Waals surface area contributed by atoms with E-state index in [-0.39, 0.29) is 11.9 Å². The predicted molar refractivity (Wildman–Crippen MR) is 45.1 cm³/mol. The van der Waals surface area contributed by atoms with Crippen LogP contribution in [-0.2, 0) is 4.79 Å². The first kappa shape index (κ1) is 8.31. The molecule has 2 heteroatoms. The maximum atomic E-state index is 11.2. The van der Waals surface area contributed by atoms with Crippen LogP contribution in [0.25, 0.3) is 0 Å². The molecule has 11 heavy (non-hydrogen) atoms. The maximum absolute atomic E-state index is 11.2. The highest BCUT2D eigenvalue weighted by Crippen LogP contribution is 2.22. The van der Waals surface area contributed by atoms with Crippen LogP contribution in [0.15, 0.2) is 11.1 Å². The first-order chi connectivity index (χ1) is 5.04. The maximum Gasteiger partial charge on any atom is 0.247 e. The van der Waals surface area contributed by atoms with Gasteiger partial charge in [0.15, 0.2) is 0 Å². The summed E-state index contributed by atoms with van der Waals surface area (Å²) in [6.07, 6.45) is 0. The Balaban J connectivity index is 2.98. The summed E-state index contributed by atoms with van der Waals surface area (Å²) >= 11 is 0. The number of hydrogen-bond donors (Lipinski definition) is 1. The van der Waals surface area contributed by atoms with Crippen molar-refractivity contribution in [1.29, 1.82) is 0 Å². The van der Waals surface area contributed by atoms with Crippen molar-refractivity contribution >= 4 is 5.91 Å². The van der Waals surface area contributed by atoms with Crippen molar-refractivity contribution in [2.24, 2.45) is 5.92 Å². The summed E-state index contributed by atoms with van der Waals surface area (Å²) in [7, 11) is 0. The third-order valence-electron chi connectivity index (χ3n) is 2.72. The van der Waals surface area contributed by atoms with Gasteiger partial charge in [0.1, 0.15) is 0 Å². The zero-order valence-corrected chi connectivity index (χ0v) is 7.56. The lowest BCUT2D eigenvalue weighted by Crippen LogP contribution is -2.42. The van der Waals surface area contributed by atoms with Crippen LogP contribution in [0, 0.1) is 5.92 Å². The molecule has 0 spiro atoms. The molecule has 0 aromatic carbocycles. The van der Waals surface area contributed by atoms with Crippen LogP contribution >= 0.6 is 0 Å². The lowest BCUT2D eigenvalue weighted by Gasteiger charge is -2.28. The zero-order valence-electron chi connectivity index (χ0n) is 7.56. The molecule has 1 N–H and O–H groups in total. The van der Waals surface area contributed by atoms with Gasteiger partial charge in [0.2, 0.25) is 5.91 Å². The molecule has 0 bridgehead atoms. The van der Waals surface area contributed by atoms with Gasteiger partial charge in [-0.25, -0.2) is 0 Å². The molecule has 0 aromatic rings. The molecular weight excluding hydrogens is 138 g/mol. The Morgan fingerprint density at radius 3 is 2.36 bits per heavy atom. The number of carbonyl (C=O) groups is 1. The van der Waals surface area contributed by atoms with Crippen LogP contribution in [0.1, 0.15) is 27.7 Å². The first-order valence-electron chi connectivity index (χ1n) is 4.02. The Morgan fingerprint density at radius 1 is 1.27 bits per heavy atom. The van der Waals surface area contributed by atoms with Crippen LogP contribution in [0.2, 0.25) is 0 Å². The van der Waals surface area contributed by atoms with E-state index in [2.05, 4.69) is 12.2 Å². The number of carbonyl (C=O) groups excluding carboxylic acids is 1. The van der Waals surface area contributed by atoms with Gasteiger partial charge in [-0.2, -0.15) is 0 Å². The van der Waals surface area contributed by atoms with E-state index in [1.807, 2.05) is 20.8 Å². The van der Waals surface area contributed by atoms with Gasteiger partial charge in [-0.1, -0.05) is 12.5 Å². The second kappa shape index (κ2) is 2.68. The average molecular weight is 153 g/mol. The molecule has 0 saturated carbocycles. The highest BCUT2D eigenvalue weighted by atomic mass is 16.1. The van der Waals surface area contributed by atoms with E-state index in [9.17, 15) is 4.79 Å². The third kappa shape index (κ3) is 1.30. The van der Waals surface area contributed by atoms with Gasteiger partial charge in [0, 0.05) is 11.6 Å². The molecule has 0 saturated heterocycles. The fourth-order valence-corrected chi connectivity index (χ4v) is 1.34. The van der Waals surface area contributed by atoms with Crippen LogP contribution < -0.4 is 5.32 Å². The first-order valence-corrected chi connectivity index (χ1v) is 4.02. The van der Waals surface area contributed by atoms with E-state index < -0.39 is 0 Å². The summed E-state index contributed by atoms with van der Waals surface area (Å²) < 4.78 is 0. The fraction of sp³-hybridized carbons (Fsp3) is 0.667. The van der Waals surface area contributed by atoms with E-state index >= 15 is 0 Å². The van der Waals surface area contributed by atoms with Crippen molar-refractivity contribution in [2.75, 3.05) is 0 Å². The van der Waals surface area contributed by atoms with Gasteiger partial charge in [0.25, 0.3) is 0 Å². The number of hydrogen-bond acceptors (Lipinski definition) is 1. The molecule has 0 aromatic heterocycles. The Labute approximate surface area is 67.7 Å². The van der Waals surface area contributed by atoms with E-state index in [0.29, 0.717) is 5.92 Å². The summed E-state index contributed by atoms with van der Waals surface area (Å²) in [6.45, 7) is 8.10. The van der Waals surface area contributed by atoms with Crippen molar-refractivity contribution in [2.45, 2.75) is 33.7 Å². The molecular formula is C9H15NO. The van der Waals surface area contributed by atoms with Crippen molar-refractivity contribution in [1.82, 2.24) is 5.32 Å². The lowest BCUT2D eigenvalue weighted by atomic mass is 9.88. The smallest absolute Gasteiger partial charge is 0.247 e. The Kier molecular flexibility index (Phi) is 2.03. The molecule has 62 valence electrons. The molecule has 1 aliphatic rings. The topological polar surface area (TPSA) is 29.1 Å². The van der Waals surface area contributed by atoms with Crippen LogP contribution in [0.5, 0.6) is 0 Å². The van der Waals surface area contributed by atoms with Crippen molar-refractivity contribution in [3.63, 3.8) is 0 Å². The quantitative estimate of drug-likeness (QED) is 0.561. The Hall–Kier alpha value is -0.790. The van der Waals surface area contributed by atoms with Crippen molar-refractivity contribution in [3.05, 3.63) is 11.1 Å². The van der Waals surface area contributed by atoms with Gasteiger partial charge < -0.3 is 5.32 Å². The fourth-order valence-electron chi connectivity index (χ4n) is 1.34. The standard InChI is InChI=1S/C9H15NO/c1-5-6(2)8(4)10-9(11)7(5)3/h6,8H,1-4H3,(H,10,11).